The molecule has 1 aromatic rings. The maximum absolute atomic E-state index is 5.15. The van der Waals surface area contributed by atoms with E-state index in [1.807, 2.05) is 12.1 Å². The highest BCUT2D eigenvalue weighted by atomic mass is 79.9. The molecule has 56 valence electrons. The summed E-state index contributed by atoms with van der Waals surface area (Å²) >= 11 is 3.41. The zero-order chi connectivity index (χ0) is 7.68. The summed E-state index contributed by atoms with van der Waals surface area (Å²) in [5, 5.41) is 0. The molecular formula is C9H7BrO. The number of benzene rings is 1. The van der Waals surface area contributed by atoms with Crippen LogP contribution in [0, 0.1) is 0 Å². The van der Waals surface area contributed by atoms with Gasteiger partial charge in [-0.25, -0.2) is 0 Å². The highest BCUT2D eigenvalue weighted by molar-refractivity contribution is 9.10. The molecule has 1 aliphatic heterocycles. The van der Waals surface area contributed by atoms with Gasteiger partial charge in [-0.2, -0.15) is 0 Å². The number of fused-ring (bicyclic) bond motifs is 1. The lowest BCUT2D eigenvalue weighted by Crippen LogP contribution is -1.95. The highest BCUT2D eigenvalue weighted by Crippen LogP contribution is 2.21. The van der Waals surface area contributed by atoms with Crippen LogP contribution in [0.25, 0.3) is 6.08 Å². The van der Waals surface area contributed by atoms with Crippen LogP contribution in [-0.2, 0) is 11.3 Å². The molecule has 0 saturated carbocycles. The van der Waals surface area contributed by atoms with E-state index in [0.29, 0.717) is 6.61 Å². The molecule has 0 saturated heterocycles. The zero-order valence-corrected chi connectivity index (χ0v) is 7.47. The Morgan fingerprint density at radius 1 is 1.36 bits per heavy atom. The first-order valence-electron chi connectivity index (χ1n) is 3.43. The average molecular weight is 211 g/mol. The van der Waals surface area contributed by atoms with Gasteiger partial charge in [0.2, 0.25) is 0 Å². The predicted octanol–water partition coefficient (Wildman–Crippen LogP) is 2.95. The average Bonchev–Trinajstić information content (AvgIpc) is 2.04. The molecule has 2 rings (SSSR count). The van der Waals surface area contributed by atoms with E-state index in [1.165, 1.54) is 11.1 Å². The van der Waals surface area contributed by atoms with Crippen LogP contribution in [0.2, 0.25) is 0 Å². The van der Waals surface area contributed by atoms with Gasteiger partial charge in [-0.15, -0.1) is 0 Å². The Labute approximate surface area is 73.8 Å². The van der Waals surface area contributed by atoms with Crippen LogP contribution in [0.5, 0.6) is 0 Å². The largest absolute Gasteiger partial charge is 0.496 e. The molecule has 0 aromatic heterocycles. The van der Waals surface area contributed by atoms with Crippen molar-refractivity contribution in [1.82, 2.24) is 0 Å². The minimum atomic E-state index is 0.686. The molecular weight excluding hydrogens is 204 g/mol. The minimum Gasteiger partial charge on any atom is -0.496 e. The van der Waals surface area contributed by atoms with E-state index in [4.69, 9.17) is 4.74 Å². The maximum atomic E-state index is 5.15. The van der Waals surface area contributed by atoms with Crippen LogP contribution in [0.3, 0.4) is 0 Å². The van der Waals surface area contributed by atoms with Gasteiger partial charge in [-0.05, 0) is 29.3 Å². The molecule has 0 amide bonds. The van der Waals surface area contributed by atoms with E-state index in [1.54, 1.807) is 6.26 Å². The lowest BCUT2D eigenvalue weighted by molar-refractivity contribution is 0.234. The van der Waals surface area contributed by atoms with E-state index in [-0.39, 0.29) is 0 Å². The summed E-state index contributed by atoms with van der Waals surface area (Å²) in [6.45, 7) is 0.686. The van der Waals surface area contributed by atoms with Crippen molar-refractivity contribution in [3.8, 4) is 0 Å². The fourth-order valence-electron chi connectivity index (χ4n) is 1.12. The summed E-state index contributed by atoms with van der Waals surface area (Å²) in [5.74, 6) is 0. The molecule has 0 radical (unpaired) electrons. The Morgan fingerprint density at radius 2 is 2.27 bits per heavy atom. The maximum Gasteiger partial charge on any atom is 0.113 e. The summed E-state index contributed by atoms with van der Waals surface area (Å²) < 4.78 is 6.26. The van der Waals surface area contributed by atoms with Crippen LogP contribution in [0.1, 0.15) is 11.1 Å². The Bertz CT molecular complexity index is 304. The Hall–Kier alpha value is -0.760. The molecule has 2 heteroatoms. The van der Waals surface area contributed by atoms with Gasteiger partial charge in [0.25, 0.3) is 0 Å². The van der Waals surface area contributed by atoms with E-state index in [2.05, 4.69) is 28.1 Å². The lowest BCUT2D eigenvalue weighted by atomic mass is 10.1. The fourth-order valence-corrected chi connectivity index (χ4v) is 1.53. The van der Waals surface area contributed by atoms with Crippen molar-refractivity contribution in [2.24, 2.45) is 0 Å². The van der Waals surface area contributed by atoms with Crippen molar-refractivity contribution in [2.75, 3.05) is 0 Å². The van der Waals surface area contributed by atoms with Crippen molar-refractivity contribution in [3.63, 3.8) is 0 Å². The summed E-state index contributed by atoms with van der Waals surface area (Å²) in [6, 6.07) is 6.20. The molecule has 0 unspecified atom stereocenters. The van der Waals surface area contributed by atoms with Gasteiger partial charge in [0.15, 0.2) is 0 Å². The number of hydrogen-bond donors (Lipinski definition) is 0. The second-order valence-corrected chi connectivity index (χ2v) is 3.37. The van der Waals surface area contributed by atoms with E-state index < -0.39 is 0 Å². The van der Waals surface area contributed by atoms with Gasteiger partial charge in [0, 0.05) is 4.47 Å². The molecule has 0 fully saturated rings. The smallest absolute Gasteiger partial charge is 0.113 e. The van der Waals surface area contributed by atoms with Crippen molar-refractivity contribution < 1.29 is 4.74 Å². The zero-order valence-electron chi connectivity index (χ0n) is 5.88. The predicted molar refractivity (Wildman–Crippen MR) is 48.0 cm³/mol. The van der Waals surface area contributed by atoms with Gasteiger partial charge >= 0.3 is 0 Å². The summed E-state index contributed by atoms with van der Waals surface area (Å²) in [4.78, 5) is 0. The SMILES string of the molecule is Brc1ccc2c(c1)COC=C2. The van der Waals surface area contributed by atoms with Gasteiger partial charge in [0.05, 0.1) is 6.26 Å². The molecule has 0 atom stereocenters. The molecule has 1 heterocycles. The molecule has 0 aliphatic carbocycles. The number of ether oxygens (including phenoxy) is 1. The van der Waals surface area contributed by atoms with Gasteiger partial charge in [-0.3, -0.25) is 0 Å². The standard InChI is InChI=1S/C9H7BrO/c10-9-2-1-7-3-4-11-6-8(7)5-9/h1-5H,6H2. The van der Waals surface area contributed by atoms with Crippen LogP contribution < -0.4 is 0 Å². The molecule has 0 N–H and O–H groups in total. The molecule has 1 aromatic carbocycles. The third-order valence-corrected chi connectivity index (χ3v) is 2.18. The first-order chi connectivity index (χ1) is 5.36. The second-order valence-electron chi connectivity index (χ2n) is 2.46. The van der Waals surface area contributed by atoms with E-state index in [9.17, 15) is 0 Å². The topological polar surface area (TPSA) is 9.23 Å². The monoisotopic (exact) mass is 210 g/mol. The first-order valence-corrected chi connectivity index (χ1v) is 4.22. The van der Waals surface area contributed by atoms with Crippen molar-refractivity contribution >= 4 is 22.0 Å². The molecule has 0 bridgehead atoms. The van der Waals surface area contributed by atoms with Crippen molar-refractivity contribution in [3.05, 3.63) is 40.1 Å². The van der Waals surface area contributed by atoms with Gasteiger partial charge in [-0.1, -0.05) is 22.0 Å². The van der Waals surface area contributed by atoms with Crippen molar-refractivity contribution in [2.45, 2.75) is 6.61 Å². The van der Waals surface area contributed by atoms with E-state index in [0.717, 1.165) is 4.47 Å². The summed E-state index contributed by atoms with van der Waals surface area (Å²) in [5.41, 5.74) is 2.49. The number of halogens is 1. The minimum absolute atomic E-state index is 0.686. The van der Waals surface area contributed by atoms with Crippen LogP contribution >= 0.6 is 15.9 Å². The Kier molecular flexibility index (Phi) is 1.70. The highest BCUT2D eigenvalue weighted by Gasteiger charge is 2.03. The molecule has 1 nitrogen and oxygen atoms in total. The van der Waals surface area contributed by atoms with Crippen molar-refractivity contribution in [1.29, 1.82) is 0 Å². The molecule has 11 heavy (non-hydrogen) atoms. The van der Waals surface area contributed by atoms with Gasteiger partial charge in [0.1, 0.15) is 6.61 Å². The second kappa shape index (κ2) is 2.70. The Morgan fingerprint density at radius 3 is 3.18 bits per heavy atom. The molecule has 1 aliphatic rings. The van der Waals surface area contributed by atoms with Crippen LogP contribution in [0.4, 0.5) is 0 Å². The molecule has 0 spiro atoms. The summed E-state index contributed by atoms with van der Waals surface area (Å²) in [6.07, 6.45) is 3.71. The third kappa shape index (κ3) is 1.31. The third-order valence-electron chi connectivity index (χ3n) is 1.69. The number of rotatable bonds is 0. The fraction of sp³-hybridized carbons (Fsp3) is 0.111. The lowest BCUT2D eigenvalue weighted by Gasteiger charge is -2.10. The van der Waals surface area contributed by atoms with E-state index >= 15 is 0 Å². The quantitative estimate of drug-likeness (QED) is 0.640. The van der Waals surface area contributed by atoms with Crippen LogP contribution in [-0.4, -0.2) is 0 Å². The normalized spacial score (nSPS) is 13.9. The van der Waals surface area contributed by atoms with Gasteiger partial charge < -0.3 is 4.74 Å². The first kappa shape index (κ1) is 6.92. The number of hydrogen-bond acceptors (Lipinski definition) is 1. The van der Waals surface area contributed by atoms with Crippen LogP contribution in [0.15, 0.2) is 28.9 Å². The Balaban J connectivity index is 2.53. The summed E-state index contributed by atoms with van der Waals surface area (Å²) in [7, 11) is 0.